The zero-order valence-electron chi connectivity index (χ0n) is 13.1. The maximum absolute atomic E-state index is 3.72. The third-order valence-electron chi connectivity index (χ3n) is 2.57. The van der Waals surface area contributed by atoms with Crippen LogP contribution in [0, 0.1) is 5.92 Å². The van der Waals surface area contributed by atoms with Gasteiger partial charge in [-0.15, -0.1) is 0 Å². The molecule has 0 heteroatoms. The van der Waals surface area contributed by atoms with E-state index in [1.54, 1.807) is 11.1 Å². The summed E-state index contributed by atoms with van der Waals surface area (Å²) in [6, 6.07) is 0. The second-order valence-electron chi connectivity index (χ2n) is 4.56. The van der Waals surface area contributed by atoms with Crippen molar-refractivity contribution in [2.24, 2.45) is 5.92 Å². The van der Waals surface area contributed by atoms with E-state index >= 15 is 0 Å². The summed E-state index contributed by atoms with van der Waals surface area (Å²) >= 11 is 0. The number of rotatable bonds is 2. The Hall–Kier alpha value is -0.780. The fourth-order valence-electron chi connectivity index (χ4n) is 2.02. The molecule has 0 saturated heterocycles. The van der Waals surface area contributed by atoms with Crippen molar-refractivity contribution in [3.05, 3.63) is 35.5 Å². The number of hydrogen-bond acceptors (Lipinski definition) is 0. The first-order valence-electron chi connectivity index (χ1n) is 7.05. The van der Waals surface area contributed by atoms with Crippen molar-refractivity contribution in [2.75, 3.05) is 0 Å². The van der Waals surface area contributed by atoms with Crippen molar-refractivity contribution in [2.45, 2.75) is 67.7 Å². The highest BCUT2D eigenvalue weighted by molar-refractivity contribution is 5.38. The average molecular weight is 236 g/mol. The monoisotopic (exact) mass is 236 g/mol. The minimum absolute atomic E-state index is 0.841. The van der Waals surface area contributed by atoms with Crippen molar-refractivity contribution < 1.29 is 0 Å². The van der Waals surface area contributed by atoms with Crippen LogP contribution in [0.5, 0.6) is 0 Å². The lowest BCUT2D eigenvalue weighted by atomic mass is 10.0. The Bertz CT molecular complexity index is 253. The third-order valence-corrected chi connectivity index (χ3v) is 2.57. The van der Waals surface area contributed by atoms with Crippen LogP contribution in [-0.2, 0) is 0 Å². The van der Waals surface area contributed by atoms with Crippen LogP contribution in [0.2, 0.25) is 0 Å². The Morgan fingerprint density at radius 3 is 2.06 bits per heavy atom. The van der Waals surface area contributed by atoms with Gasteiger partial charge in [0.25, 0.3) is 0 Å². The summed E-state index contributed by atoms with van der Waals surface area (Å²) in [4.78, 5) is 0. The highest BCUT2D eigenvalue weighted by Crippen LogP contribution is 2.34. The largest absolute Gasteiger partial charge is 0.0991 e. The minimum atomic E-state index is 0.841. The SMILES string of the molecule is C=C/C=C(/C)C1=C(C)CC(C)C1.CC.CCC. The standard InChI is InChI=1S/C12H18.C3H8.C2H6/c1-5-6-10(3)12-8-9(2)7-11(12)4;1-3-2;1-2/h5-6,9H,1,7-8H2,2-4H3;3H2,1-2H3;1-2H3/b10-6-;;. The summed E-state index contributed by atoms with van der Waals surface area (Å²) in [7, 11) is 0. The topological polar surface area (TPSA) is 0 Å². The fraction of sp³-hybridized carbons (Fsp3) is 0.647. The molecule has 0 aromatic carbocycles. The lowest BCUT2D eigenvalue weighted by Crippen LogP contribution is -1.86. The molecule has 0 heterocycles. The van der Waals surface area contributed by atoms with Gasteiger partial charge in [-0.25, -0.2) is 0 Å². The Morgan fingerprint density at radius 2 is 1.76 bits per heavy atom. The third kappa shape index (κ3) is 8.01. The van der Waals surface area contributed by atoms with Crippen LogP contribution < -0.4 is 0 Å². The summed E-state index contributed by atoms with van der Waals surface area (Å²) in [6.45, 7) is 18.7. The van der Waals surface area contributed by atoms with E-state index in [-0.39, 0.29) is 0 Å². The van der Waals surface area contributed by atoms with E-state index in [1.807, 2.05) is 19.9 Å². The first kappa shape index (κ1) is 18.6. The first-order valence-corrected chi connectivity index (χ1v) is 7.05. The van der Waals surface area contributed by atoms with Crippen LogP contribution in [0.25, 0.3) is 0 Å². The van der Waals surface area contributed by atoms with Crippen LogP contribution in [-0.4, -0.2) is 0 Å². The van der Waals surface area contributed by atoms with Crippen molar-refractivity contribution in [3.8, 4) is 0 Å². The molecule has 0 nitrogen and oxygen atoms in total. The van der Waals surface area contributed by atoms with Crippen LogP contribution in [0.3, 0.4) is 0 Å². The zero-order chi connectivity index (χ0) is 13.8. The number of hydrogen-bond donors (Lipinski definition) is 0. The second kappa shape index (κ2) is 11.7. The van der Waals surface area contributed by atoms with Crippen molar-refractivity contribution in [3.63, 3.8) is 0 Å². The summed E-state index contributed by atoms with van der Waals surface area (Å²) in [5.41, 5.74) is 4.52. The Labute approximate surface area is 110 Å². The molecule has 0 N–H and O–H groups in total. The van der Waals surface area contributed by atoms with Gasteiger partial charge in [0.15, 0.2) is 0 Å². The normalized spacial score (nSPS) is 19.0. The summed E-state index contributed by atoms with van der Waals surface area (Å²) in [5, 5.41) is 0. The Balaban J connectivity index is 0. The molecule has 0 radical (unpaired) electrons. The molecule has 0 fully saturated rings. The molecule has 1 atom stereocenters. The van der Waals surface area contributed by atoms with Gasteiger partial charge in [-0.05, 0) is 43.8 Å². The Morgan fingerprint density at radius 1 is 1.29 bits per heavy atom. The molecule has 0 amide bonds. The van der Waals surface area contributed by atoms with Crippen molar-refractivity contribution in [1.82, 2.24) is 0 Å². The predicted molar refractivity (Wildman–Crippen MR) is 82.4 cm³/mol. The van der Waals surface area contributed by atoms with E-state index in [0.29, 0.717) is 0 Å². The van der Waals surface area contributed by atoms with Gasteiger partial charge < -0.3 is 0 Å². The fourth-order valence-corrected chi connectivity index (χ4v) is 2.02. The lowest BCUT2D eigenvalue weighted by Gasteiger charge is -2.03. The van der Waals surface area contributed by atoms with Crippen LogP contribution >= 0.6 is 0 Å². The second-order valence-corrected chi connectivity index (χ2v) is 4.56. The molecule has 1 unspecified atom stereocenters. The molecular weight excluding hydrogens is 204 g/mol. The van der Waals surface area contributed by atoms with E-state index in [4.69, 9.17) is 0 Å². The van der Waals surface area contributed by atoms with Gasteiger partial charge in [0.1, 0.15) is 0 Å². The highest BCUT2D eigenvalue weighted by Gasteiger charge is 2.17. The van der Waals surface area contributed by atoms with Crippen molar-refractivity contribution >= 4 is 0 Å². The van der Waals surface area contributed by atoms with Crippen LogP contribution in [0.15, 0.2) is 35.5 Å². The summed E-state index contributed by atoms with van der Waals surface area (Å²) in [5.74, 6) is 0.841. The molecule has 17 heavy (non-hydrogen) atoms. The first-order chi connectivity index (χ1) is 8.06. The predicted octanol–water partition coefficient (Wildman–Crippen LogP) is 6.31. The van der Waals surface area contributed by atoms with Gasteiger partial charge in [-0.1, -0.05) is 65.3 Å². The molecule has 0 spiro atoms. The lowest BCUT2D eigenvalue weighted by molar-refractivity contribution is 0.621. The van der Waals surface area contributed by atoms with Crippen LogP contribution in [0.1, 0.15) is 67.7 Å². The molecule has 0 aromatic heterocycles. The van der Waals surface area contributed by atoms with E-state index in [0.717, 1.165) is 5.92 Å². The molecule has 1 aliphatic rings. The number of allylic oxidation sites excluding steroid dienone is 5. The molecule has 0 aliphatic heterocycles. The zero-order valence-corrected chi connectivity index (χ0v) is 13.1. The van der Waals surface area contributed by atoms with Gasteiger partial charge in [0.2, 0.25) is 0 Å². The van der Waals surface area contributed by atoms with E-state index in [9.17, 15) is 0 Å². The van der Waals surface area contributed by atoms with E-state index < -0.39 is 0 Å². The molecule has 100 valence electrons. The van der Waals surface area contributed by atoms with E-state index in [1.165, 1.54) is 24.8 Å². The van der Waals surface area contributed by atoms with Gasteiger partial charge in [0, 0.05) is 0 Å². The molecule has 1 aliphatic carbocycles. The van der Waals surface area contributed by atoms with Gasteiger partial charge in [-0.3, -0.25) is 0 Å². The molecule has 0 bridgehead atoms. The maximum Gasteiger partial charge on any atom is -0.0248 e. The average Bonchev–Trinajstić information content (AvgIpc) is 2.62. The minimum Gasteiger partial charge on any atom is -0.0991 e. The van der Waals surface area contributed by atoms with Gasteiger partial charge in [0.05, 0.1) is 0 Å². The van der Waals surface area contributed by atoms with Crippen LogP contribution in [0.4, 0.5) is 0 Å². The molecule has 1 rings (SSSR count). The quantitative estimate of drug-likeness (QED) is 0.493. The van der Waals surface area contributed by atoms with Crippen molar-refractivity contribution in [1.29, 1.82) is 0 Å². The smallest absolute Gasteiger partial charge is 0.0248 e. The highest BCUT2D eigenvalue weighted by atomic mass is 14.2. The van der Waals surface area contributed by atoms with E-state index in [2.05, 4.69) is 47.3 Å². The van der Waals surface area contributed by atoms with Gasteiger partial charge in [-0.2, -0.15) is 0 Å². The molecule has 0 aromatic rings. The summed E-state index contributed by atoms with van der Waals surface area (Å²) < 4.78 is 0. The molecular formula is C17H32. The maximum atomic E-state index is 3.72. The summed E-state index contributed by atoms with van der Waals surface area (Å²) in [6.07, 6.45) is 7.76. The Kier molecular flexibility index (Phi) is 12.8. The molecule has 0 saturated carbocycles. The van der Waals surface area contributed by atoms with Gasteiger partial charge >= 0.3 is 0 Å².